The van der Waals surface area contributed by atoms with Crippen molar-refractivity contribution in [2.45, 2.75) is 25.5 Å². The van der Waals surface area contributed by atoms with Gasteiger partial charge >= 0.3 is 0 Å². The van der Waals surface area contributed by atoms with Crippen molar-refractivity contribution in [2.24, 2.45) is 0 Å². The van der Waals surface area contributed by atoms with Gasteiger partial charge in [0.2, 0.25) is 0 Å². The van der Waals surface area contributed by atoms with Gasteiger partial charge in [0.1, 0.15) is 11.6 Å². The number of anilines is 1. The highest BCUT2D eigenvalue weighted by atomic mass is 19.1. The van der Waals surface area contributed by atoms with Gasteiger partial charge in [0.05, 0.1) is 11.7 Å². The minimum absolute atomic E-state index is 0.0475. The number of carbonyl (C=O) groups excluding carboxylic acids is 1. The van der Waals surface area contributed by atoms with Crippen molar-refractivity contribution in [1.82, 2.24) is 5.32 Å². The summed E-state index contributed by atoms with van der Waals surface area (Å²) in [6.07, 6.45) is -0.619. The molecule has 2 aromatic rings. The Bertz CT molecular complexity index is 733. The Kier molecular flexibility index (Phi) is 6.09. The van der Waals surface area contributed by atoms with Crippen molar-refractivity contribution in [1.29, 1.82) is 0 Å². The van der Waals surface area contributed by atoms with E-state index < -0.39 is 17.8 Å². The Morgan fingerprint density at radius 3 is 2.36 bits per heavy atom. The van der Waals surface area contributed by atoms with E-state index in [-0.39, 0.29) is 23.8 Å². The van der Waals surface area contributed by atoms with Crippen molar-refractivity contribution in [2.75, 3.05) is 19.0 Å². The van der Waals surface area contributed by atoms with E-state index in [4.69, 9.17) is 0 Å². The third-order valence-corrected chi connectivity index (χ3v) is 3.92. The van der Waals surface area contributed by atoms with Crippen LogP contribution in [-0.2, 0) is 0 Å². The maximum Gasteiger partial charge on any atom is 0.254 e. The molecule has 0 aliphatic heterocycles. The van der Waals surface area contributed by atoms with Crippen molar-refractivity contribution < 1.29 is 18.7 Å². The van der Waals surface area contributed by atoms with E-state index >= 15 is 0 Å². The average molecular weight is 348 g/mol. The molecule has 0 saturated carbocycles. The zero-order chi connectivity index (χ0) is 18.6. The molecule has 0 spiro atoms. The molecule has 134 valence electrons. The summed E-state index contributed by atoms with van der Waals surface area (Å²) in [6, 6.07) is 9.53. The standard InChI is InChI=1S/C19H22F2N2O2/c1-12(10-18(24)13-4-6-14(20)7-5-13)22-19(25)16-9-8-15(23(2)3)11-17(16)21/h4-9,11-12,18,24H,10H2,1-3H3,(H,22,25). The topological polar surface area (TPSA) is 52.6 Å². The molecule has 0 aromatic heterocycles. The lowest BCUT2D eigenvalue weighted by Crippen LogP contribution is -2.34. The summed E-state index contributed by atoms with van der Waals surface area (Å²) in [7, 11) is 3.57. The number of amides is 1. The number of benzene rings is 2. The molecular formula is C19H22F2N2O2. The number of rotatable bonds is 6. The molecule has 2 unspecified atom stereocenters. The van der Waals surface area contributed by atoms with Crippen molar-refractivity contribution >= 4 is 11.6 Å². The van der Waals surface area contributed by atoms with Crippen LogP contribution in [0.25, 0.3) is 0 Å². The van der Waals surface area contributed by atoms with Gasteiger partial charge in [-0.25, -0.2) is 8.78 Å². The molecule has 0 radical (unpaired) electrons. The van der Waals surface area contributed by atoms with E-state index in [1.165, 1.54) is 36.4 Å². The maximum absolute atomic E-state index is 14.1. The van der Waals surface area contributed by atoms with Crippen LogP contribution in [0.4, 0.5) is 14.5 Å². The van der Waals surface area contributed by atoms with Crippen LogP contribution in [0.5, 0.6) is 0 Å². The predicted octanol–water partition coefficient (Wildman–Crippen LogP) is 3.27. The van der Waals surface area contributed by atoms with Gasteiger partial charge in [-0.2, -0.15) is 0 Å². The molecule has 0 aliphatic carbocycles. The van der Waals surface area contributed by atoms with Gasteiger partial charge in [-0.3, -0.25) is 4.79 Å². The predicted molar refractivity (Wildman–Crippen MR) is 93.6 cm³/mol. The van der Waals surface area contributed by atoms with E-state index in [2.05, 4.69) is 5.32 Å². The molecule has 2 rings (SSSR count). The van der Waals surface area contributed by atoms with Crippen LogP contribution in [0.3, 0.4) is 0 Å². The Hall–Kier alpha value is -2.47. The highest BCUT2D eigenvalue weighted by Crippen LogP contribution is 2.20. The average Bonchev–Trinajstić information content (AvgIpc) is 2.54. The molecule has 2 N–H and O–H groups in total. The van der Waals surface area contributed by atoms with Crippen LogP contribution in [-0.4, -0.2) is 31.2 Å². The molecule has 0 aliphatic rings. The van der Waals surface area contributed by atoms with Crippen molar-refractivity contribution in [3.8, 4) is 0 Å². The molecule has 25 heavy (non-hydrogen) atoms. The lowest BCUT2D eigenvalue weighted by atomic mass is 10.0. The largest absolute Gasteiger partial charge is 0.388 e. The van der Waals surface area contributed by atoms with E-state index in [1.54, 1.807) is 32.0 Å². The minimum atomic E-state index is -0.850. The van der Waals surface area contributed by atoms with Crippen LogP contribution in [0, 0.1) is 11.6 Å². The molecule has 0 fully saturated rings. The zero-order valence-corrected chi connectivity index (χ0v) is 14.5. The molecular weight excluding hydrogens is 326 g/mol. The van der Waals surface area contributed by atoms with E-state index in [1.807, 2.05) is 0 Å². The Labute approximate surface area is 146 Å². The molecule has 0 heterocycles. The van der Waals surface area contributed by atoms with Gasteiger partial charge in [0.15, 0.2) is 0 Å². The fourth-order valence-corrected chi connectivity index (χ4v) is 2.48. The van der Waals surface area contributed by atoms with Gasteiger partial charge in [-0.05, 0) is 49.2 Å². The van der Waals surface area contributed by atoms with Gasteiger partial charge in [0, 0.05) is 25.8 Å². The zero-order valence-electron chi connectivity index (χ0n) is 14.5. The first-order valence-corrected chi connectivity index (χ1v) is 7.99. The van der Waals surface area contributed by atoms with Crippen LogP contribution in [0.15, 0.2) is 42.5 Å². The van der Waals surface area contributed by atoms with Gasteiger partial charge < -0.3 is 15.3 Å². The molecule has 6 heteroatoms. The highest BCUT2D eigenvalue weighted by Gasteiger charge is 2.18. The highest BCUT2D eigenvalue weighted by molar-refractivity contribution is 5.95. The van der Waals surface area contributed by atoms with E-state index in [0.29, 0.717) is 11.3 Å². The number of hydrogen-bond donors (Lipinski definition) is 2. The quantitative estimate of drug-likeness (QED) is 0.842. The molecule has 2 atom stereocenters. The Morgan fingerprint density at radius 1 is 1.16 bits per heavy atom. The summed E-state index contributed by atoms with van der Waals surface area (Å²) in [5, 5.41) is 12.8. The summed E-state index contributed by atoms with van der Waals surface area (Å²) in [5.74, 6) is -1.52. The van der Waals surface area contributed by atoms with Crippen LogP contribution in [0.1, 0.15) is 35.4 Å². The second kappa shape index (κ2) is 8.07. The Balaban J connectivity index is 1.99. The smallest absolute Gasteiger partial charge is 0.254 e. The number of aliphatic hydroxyl groups is 1. The first-order chi connectivity index (χ1) is 11.8. The maximum atomic E-state index is 14.1. The lowest BCUT2D eigenvalue weighted by molar-refractivity contribution is 0.0913. The number of nitrogens with zero attached hydrogens (tertiary/aromatic N) is 1. The third kappa shape index (κ3) is 5.00. The SMILES string of the molecule is CC(CC(O)c1ccc(F)cc1)NC(=O)c1ccc(N(C)C)cc1F. The summed E-state index contributed by atoms with van der Waals surface area (Å²) in [4.78, 5) is 14.0. The molecule has 4 nitrogen and oxygen atoms in total. The van der Waals surface area contributed by atoms with Gasteiger partial charge in [-0.15, -0.1) is 0 Å². The molecule has 0 saturated heterocycles. The van der Waals surface area contributed by atoms with Crippen LogP contribution < -0.4 is 10.2 Å². The number of nitrogens with one attached hydrogen (secondary N) is 1. The first kappa shape index (κ1) is 18.9. The molecule has 0 bridgehead atoms. The van der Waals surface area contributed by atoms with Crippen molar-refractivity contribution in [3.05, 3.63) is 65.2 Å². The summed E-state index contributed by atoms with van der Waals surface area (Å²) in [5.41, 5.74) is 1.17. The summed E-state index contributed by atoms with van der Waals surface area (Å²) in [6.45, 7) is 1.72. The number of carbonyl (C=O) groups is 1. The summed E-state index contributed by atoms with van der Waals surface area (Å²) >= 11 is 0. The second-order valence-corrected chi connectivity index (χ2v) is 6.24. The van der Waals surface area contributed by atoms with Crippen LogP contribution in [0.2, 0.25) is 0 Å². The van der Waals surface area contributed by atoms with Gasteiger partial charge in [-0.1, -0.05) is 12.1 Å². The van der Waals surface area contributed by atoms with Gasteiger partial charge in [0.25, 0.3) is 5.91 Å². The fraction of sp³-hybridized carbons (Fsp3) is 0.316. The molecule has 1 amide bonds. The fourth-order valence-electron chi connectivity index (χ4n) is 2.48. The van der Waals surface area contributed by atoms with E-state index in [0.717, 1.165) is 0 Å². The van der Waals surface area contributed by atoms with E-state index in [9.17, 15) is 18.7 Å². The van der Waals surface area contributed by atoms with Crippen LogP contribution >= 0.6 is 0 Å². The summed E-state index contributed by atoms with van der Waals surface area (Å²) < 4.78 is 27.0. The lowest BCUT2D eigenvalue weighted by Gasteiger charge is -2.19. The minimum Gasteiger partial charge on any atom is -0.388 e. The Morgan fingerprint density at radius 2 is 1.80 bits per heavy atom. The normalized spacial score (nSPS) is 13.2. The second-order valence-electron chi connectivity index (χ2n) is 6.24. The molecule has 2 aromatic carbocycles. The number of aliphatic hydroxyl groups excluding tert-OH is 1. The third-order valence-electron chi connectivity index (χ3n) is 3.92. The first-order valence-electron chi connectivity index (χ1n) is 7.99. The van der Waals surface area contributed by atoms with Crippen molar-refractivity contribution in [3.63, 3.8) is 0 Å². The monoisotopic (exact) mass is 348 g/mol. The number of hydrogen-bond acceptors (Lipinski definition) is 3. The number of halogens is 2.